The molecule has 2 aliphatic rings. The van der Waals surface area contributed by atoms with Crippen molar-refractivity contribution in [2.75, 3.05) is 19.6 Å². The van der Waals surface area contributed by atoms with E-state index in [1.54, 1.807) is 0 Å². The molecule has 1 aliphatic carbocycles. The third kappa shape index (κ3) is 3.21. The summed E-state index contributed by atoms with van der Waals surface area (Å²) in [6.45, 7) is 2.80. The van der Waals surface area contributed by atoms with Crippen molar-refractivity contribution in [3.8, 4) is 0 Å². The Hall–Kier alpha value is -1.55. The van der Waals surface area contributed by atoms with Gasteiger partial charge in [-0.05, 0) is 49.1 Å². The van der Waals surface area contributed by atoms with Crippen LogP contribution >= 0.6 is 0 Å². The summed E-state index contributed by atoms with van der Waals surface area (Å²) in [5.41, 5.74) is 7.13. The number of benzene rings is 1. The van der Waals surface area contributed by atoms with E-state index in [-0.39, 0.29) is 6.09 Å². The fraction of sp³-hybridized carbons (Fsp3) is 0.588. The Kier molecular flexibility index (Phi) is 4.15. The summed E-state index contributed by atoms with van der Waals surface area (Å²) >= 11 is 0. The lowest BCUT2D eigenvalue weighted by atomic mass is 9.84. The highest BCUT2D eigenvalue weighted by atomic mass is 16.6. The van der Waals surface area contributed by atoms with Crippen LogP contribution < -0.4 is 5.73 Å². The number of rotatable bonds is 3. The third-order valence-electron chi connectivity index (χ3n) is 5.04. The summed E-state index contributed by atoms with van der Waals surface area (Å²) in [4.78, 5) is 14.1. The van der Waals surface area contributed by atoms with E-state index >= 15 is 0 Å². The van der Waals surface area contributed by atoms with Crippen LogP contribution in [0, 0.1) is 11.3 Å². The number of hydrogen-bond donors (Lipinski definition) is 1. The zero-order valence-corrected chi connectivity index (χ0v) is 12.5. The molecule has 0 aromatic heterocycles. The summed E-state index contributed by atoms with van der Waals surface area (Å²) in [7, 11) is 0. The Balaban J connectivity index is 1.51. The summed E-state index contributed by atoms with van der Waals surface area (Å²) < 4.78 is 5.43. The van der Waals surface area contributed by atoms with Crippen molar-refractivity contribution >= 4 is 6.09 Å². The van der Waals surface area contributed by atoms with Crippen molar-refractivity contribution in [1.29, 1.82) is 0 Å². The van der Waals surface area contributed by atoms with Gasteiger partial charge in [0.25, 0.3) is 0 Å². The van der Waals surface area contributed by atoms with E-state index in [9.17, 15) is 4.79 Å². The van der Waals surface area contributed by atoms with E-state index in [0.717, 1.165) is 31.6 Å². The van der Waals surface area contributed by atoms with Crippen LogP contribution in [0.3, 0.4) is 0 Å². The monoisotopic (exact) mass is 288 g/mol. The lowest BCUT2D eigenvalue weighted by Gasteiger charge is -2.24. The zero-order chi connectivity index (χ0) is 14.7. The molecule has 1 saturated carbocycles. The Morgan fingerprint density at radius 1 is 1.33 bits per heavy atom. The van der Waals surface area contributed by atoms with Crippen LogP contribution in [0.15, 0.2) is 30.3 Å². The normalized spacial score (nSPS) is 28.2. The van der Waals surface area contributed by atoms with Crippen LogP contribution in [0.25, 0.3) is 0 Å². The molecule has 1 saturated heterocycles. The van der Waals surface area contributed by atoms with Gasteiger partial charge >= 0.3 is 6.09 Å². The van der Waals surface area contributed by atoms with Gasteiger partial charge in [-0.2, -0.15) is 0 Å². The first-order valence-electron chi connectivity index (χ1n) is 7.86. The molecule has 1 aromatic rings. The van der Waals surface area contributed by atoms with Gasteiger partial charge in [-0.15, -0.1) is 0 Å². The van der Waals surface area contributed by atoms with Crippen molar-refractivity contribution in [1.82, 2.24) is 4.90 Å². The predicted octanol–water partition coefficient (Wildman–Crippen LogP) is 2.77. The highest BCUT2D eigenvalue weighted by Crippen LogP contribution is 2.47. The van der Waals surface area contributed by atoms with Crippen molar-refractivity contribution in [3.63, 3.8) is 0 Å². The van der Waals surface area contributed by atoms with Crippen LogP contribution in [0.1, 0.15) is 31.2 Å². The Bertz CT molecular complexity index is 491. The number of hydrogen-bond acceptors (Lipinski definition) is 3. The van der Waals surface area contributed by atoms with Gasteiger partial charge in [0.15, 0.2) is 0 Å². The van der Waals surface area contributed by atoms with Crippen LogP contribution in [0.4, 0.5) is 4.79 Å². The molecule has 2 N–H and O–H groups in total. The average Bonchev–Trinajstić information content (AvgIpc) is 3.13. The topological polar surface area (TPSA) is 55.6 Å². The summed E-state index contributed by atoms with van der Waals surface area (Å²) in [6.07, 6.45) is 4.52. The number of nitrogens with zero attached hydrogens (tertiary/aromatic N) is 1. The molecule has 4 nitrogen and oxygen atoms in total. The maximum Gasteiger partial charge on any atom is 0.410 e. The lowest BCUT2D eigenvalue weighted by Crippen LogP contribution is -2.32. The van der Waals surface area contributed by atoms with Crippen LogP contribution in [0.5, 0.6) is 0 Å². The van der Waals surface area contributed by atoms with Gasteiger partial charge in [0.1, 0.15) is 6.61 Å². The molecule has 1 aromatic carbocycles. The van der Waals surface area contributed by atoms with Crippen LogP contribution in [0.2, 0.25) is 0 Å². The molecule has 21 heavy (non-hydrogen) atoms. The summed E-state index contributed by atoms with van der Waals surface area (Å²) in [5, 5.41) is 0. The molecule has 114 valence electrons. The fourth-order valence-electron chi connectivity index (χ4n) is 3.80. The number of nitrogens with two attached hydrogens (primary N) is 1. The molecule has 1 aliphatic heterocycles. The SMILES string of the molecule is NC[C@@H]1CC[C@@]2(CCN(C(=O)OCc3ccccc3)C2)C1. The second kappa shape index (κ2) is 6.06. The highest BCUT2D eigenvalue weighted by molar-refractivity contribution is 5.68. The molecular weight excluding hydrogens is 264 g/mol. The van der Waals surface area contributed by atoms with Crippen molar-refractivity contribution in [3.05, 3.63) is 35.9 Å². The van der Waals surface area contributed by atoms with Crippen LogP contribution in [-0.4, -0.2) is 30.6 Å². The minimum absolute atomic E-state index is 0.174. The Morgan fingerprint density at radius 2 is 2.14 bits per heavy atom. The minimum atomic E-state index is -0.174. The molecule has 1 heterocycles. The van der Waals surface area contributed by atoms with Crippen molar-refractivity contribution in [2.24, 2.45) is 17.1 Å². The molecule has 0 unspecified atom stereocenters. The number of carbonyl (C=O) groups excluding carboxylic acids is 1. The molecule has 1 spiro atoms. The second-order valence-electron chi connectivity index (χ2n) is 6.56. The first-order valence-corrected chi connectivity index (χ1v) is 7.86. The van der Waals surface area contributed by atoms with E-state index in [0.29, 0.717) is 17.9 Å². The van der Waals surface area contributed by atoms with E-state index in [2.05, 4.69) is 0 Å². The standard InChI is InChI=1S/C17H24N2O2/c18-11-15-6-7-17(10-15)8-9-19(13-17)16(20)21-12-14-4-2-1-3-5-14/h1-5,15H,6-13,18H2/t15-,17-/m1/s1. The number of carbonyl (C=O) groups is 1. The predicted molar refractivity (Wildman–Crippen MR) is 81.6 cm³/mol. The van der Waals surface area contributed by atoms with E-state index < -0.39 is 0 Å². The van der Waals surface area contributed by atoms with Gasteiger partial charge in [-0.3, -0.25) is 0 Å². The molecule has 4 heteroatoms. The first kappa shape index (κ1) is 14.4. The smallest absolute Gasteiger partial charge is 0.410 e. The van der Waals surface area contributed by atoms with Gasteiger partial charge < -0.3 is 15.4 Å². The van der Waals surface area contributed by atoms with E-state index in [4.69, 9.17) is 10.5 Å². The van der Waals surface area contributed by atoms with Gasteiger partial charge in [-0.1, -0.05) is 30.3 Å². The number of likely N-dealkylation sites (tertiary alicyclic amines) is 1. The summed E-state index contributed by atoms with van der Waals surface area (Å²) in [5.74, 6) is 0.644. The Labute approximate surface area is 126 Å². The summed E-state index contributed by atoms with van der Waals surface area (Å²) in [6, 6.07) is 9.83. The highest BCUT2D eigenvalue weighted by Gasteiger charge is 2.45. The van der Waals surface area contributed by atoms with Gasteiger partial charge in [0.05, 0.1) is 0 Å². The van der Waals surface area contributed by atoms with Gasteiger partial charge in [0, 0.05) is 13.1 Å². The largest absolute Gasteiger partial charge is 0.445 e. The molecular formula is C17H24N2O2. The number of amides is 1. The van der Waals surface area contributed by atoms with Crippen molar-refractivity contribution in [2.45, 2.75) is 32.3 Å². The maximum atomic E-state index is 12.2. The first-order chi connectivity index (χ1) is 10.2. The van der Waals surface area contributed by atoms with Crippen molar-refractivity contribution < 1.29 is 9.53 Å². The van der Waals surface area contributed by atoms with E-state index in [1.807, 2.05) is 35.2 Å². The molecule has 3 rings (SSSR count). The molecule has 2 atom stereocenters. The molecule has 0 bridgehead atoms. The van der Waals surface area contributed by atoms with E-state index in [1.165, 1.54) is 19.3 Å². The van der Waals surface area contributed by atoms with Gasteiger partial charge in [-0.25, -0.2) is 4.79 Å². The van der Waals surface area contributed by atoms with Crippen LogP contribution in [-0.2, 0) is 11.3 Å². The molecule has 1 amide bonds. The quantitative estimate of drug-likeness (QED) is 0.930. The Morgan fingerprint density at radius 3 is 2.86 bits per heavy atom. The minimum Gasteiger partial charge on any atom is -0.445 e. The fourth-order valence-corrected chi connectivity index (χ4v) is 3.80. The zero-order valence-electron chi connectivity index (χ0n) is 12.5. The molecule has 2 fully saturated rings. The second-order valence-corrected chi connectivity index (χ2v) is 6.56. The number of ether oxygens (including phenoxy) is 1. The lowest BCUT2D eigenvalue weighted by molar-refractivity contribution is 0.0995. The van der Waals surface area contributed by atoms with Gasteiger partial charge in [0.2, 0.25) is 0 Å². The maximum absolute atomic E-state index is 12.2. The third-order valence-corrected chi connectivity index (χ3v) is 5.04. The molecule has 0 radical (unpaired) electrons. The average molecular weight is 288 g/mol.